The summed E-state index contributed by atoms with van der Waals surface area (Å²) in [5, 5.41) is -0.301. The van der Waals surface area contributed by atoms with Gasteiger partial charge in [-0.1, -0.05) is 111 Å². The van der Waals surface area contributed by atoms with E-state index < -0.39 is 12.5 Å². The first-order chi connectivity index (χ1) is 25.9. The molecule has 3 aliphatic rings. The van der Waals surface area contributed by atoms with E-state index in [1.807, 2.05) is 60.7 Å². The van der Waals surface area contributed by atoms with E-state index in [4.69, 9.17) is 14.0 Å². The molecule has 0 fully saturated rings. The summed E-state index contributed by atoms with van der Waals surface area (Å²) in [4.78, 5) is 4.58. The first-order valence-corrected chi connectivity index (χ1v) is 20.2. The van der Waals surface area contributed by atoms with Gasteiger partial charge in [-0.15, -0.1) is 0 Å². The molecule has 0 bridgehead atoms. The second-order valence-electron chi connectivity index (χ2n) is 14.3. The first-order valence-electron chi connectivity index (χ1n) is 18.6. The maximum absolute atomic E-state index is 16.4. The molecule has 2 atom stereocenters. The van der Waals surface area contributed by atoms with Crippen LogP contribution < -0.4 is 29.1 Å². The highest BCUT2D eigenvalue weighted by Crippen LogP contribution is 2.69. The molecule has 0 amide bonds. The lowest BCUT2D eigenvalue weighted by Gasteiger charge is -2.42. The Hall–Kier alpha value is -5.45. The van der Waals surface area contributed by atoms with Crippen molar-refractivity contribution in [3.8, 4) is 28.4 Å². The van der Waals surface area contributed by atoms with E-state index in [-0.39, 0.29) is 0 Å². The lowest BCUT2D eigenvalue weighted by atomic mass is 9.87. The second kappa shape index (κ2) is 13.2. The Morgan fingerprint density at radius 2 is 1.13 bits per heavy atom. The minimum atomic E-state index is -3.72. The average Bonchev–Trinajstić information content (AvgIpc) is 3.22. The molecule has 6 aromatic rings. The first kappa shape index (κ1) is 33.4. The highest BCUT2D eigenvalue weighted by Gasteiger charge is 2.54. The highest BCUT2D eigenvalue weighted by molar-refractivity contribution is 7.69. The van der Waals surface area contributed by atoms with Crippen molar-refractivity contribution in [3.05, 3.63) is 167 Å². The van der Waals surface area contributed by atoms with Crippen LogP contribution >= 0.6 is 7.37 Å². The summed E-state index contributed by atoms with van der Waals surface area (Å²) in [5.41, 5.74) is 10.8. The van der Waals surface area contributed by atoms with Gasteiger partial charge >= 0.3 is 0 Å². The van der Waals surface area contributed by atoms with Gasteiger partial charge in [-0.25, -0.2) is 0 Å². The molecule has 0 aliphatic carbocycles. The Labute approximate surface area is 312 Å². The Balaban J connectivity index is 1.20. The fraction of sp³-hybridized carbons (Fsp3) is 0.217. The van der Waals surface area contributed by atoms with Crippen LogP contribution in [0.4, 0.5) is 11.4 Å². The van der Waals surface area contributed by atoms with Crippen molar-refractivity contribution < 1.29 is 18.6 Å². The predicted molar refractivity (Wildman–Crippen MR) is 214 cm³/mol. The topological polar surface area (TPSA) is 51.2 Å². The monoisotopic (exact) mass is 718 g/mol. The fourth-order valence-corrected chi connectivity index (χ4v) is 11.3. The fourth-order valence-electron chi connectivity index (χ4n) is 8.39. The van der Waals surface area contributed by atoms with E-state index >= 15 is 4.57 Å². The van der Waals surface area contributed by atoms with Crippen molar-refractivity contribution >= 4 is 24.0 Å². The molecule has 3 aliphatic heterocycles. The maximum atomic E-state index is 16.4. The summed E-state index contributed by atoms with van der Waals surface area (Å²) in [5.74, 6) is 2.52. The summed E-state index contributed by atoms with van der Waals surface area (Å²) < 4.78 is 35.7. The standard InChI is InChI=1S/C46H43N2O4P/c1-4-32-26-37(27-33(5-2)45(32)48-29-35-15-7-11-19-42(35)51-31-48)46(3,53(49)44-21-13-9-17-40(44)39-16-8-12-20-43(39)52-53)36-22-24-38(25-23-36)47-28-34-14-6-10-18-41(34)50-30-47/h6-27H,4-5,28-31H2,1-3H3. The SMILES string of the molecule is CCc1cc(C(C)(c2ccc(N3COc4ccccc4C3)cc2)P2(=O)Oc3ccccc3-c3ccccc32)cc(CC)c1N1COc2ccccc2C1. The van der Waals surface area contributed by atoms with Crippen LogP contribution in [0.5, 0.6) is 17.2 Å². The quantitative estimate of drug-likeness (QED) is 0.153. The van der Waals surface area contributed by atoms with Crippen LogP contribution in [-0.2, 0) is 35.7 Å². The van der Waals surface area contributed by atoms with E-state index in [1.165, 1.54) is 22.4 Å². The zero-order chi connectivity index (χ0) is 36.2. The largest absolute Gasteiger partial charge is 0.473 e. The lowest BCUT2D eigenvalue weighted by Crippen LogP contribution is -2.36. The van der Waals surface area contributed by atoms with Crippen molar-refractivity contribution in [2.75, 3.05) is 23.3 Å². The average molecular weight is 719 g/mol. The van der Waals surface area contributed by atoms with E-state index in [9.17, 15) is 0 Å². The molecule has 0 radical (unpaired) electrons. The molecular formula is C46H43N2O4P. The second-order valence-corrected chi connectivity index (χ2v) is 16.9. The van der Waals surface area contributed by atoms with Crippen LogP contribution in [0.2, 0.25) is 0 Å². The van der Waals surface area contributed by atoms with Gasteiger partial charge in [-0.3, -0.25) is 4.57 Å². The number of rotatable bonds is 7. The predicted octanol–water partition coefficient (Wildman–Crippen LogP) is 10.5. The lowest BCUT2D eigenvalue weighted by molar-refractivity contribution is 0.289. The van der Waals surface area contributed by atoms with E-state index in [2.05, 4.69) is 103 Å². The molecule has 9 rings (SSSR count). The third kappa shape index (κ3) is 5.42. The van der Waals surface area contributed by atoms with Crippen LogP contribution in [-0.4, -0.2) is 13.5 Å². The number of aryl methyl sites for hydroxylation is 2. The minimum absolute atomic E-state index is 0.464. The molecule has 7 heteroatoms. The number of hydrogen-bond donors (Lipinski definition) is 0. The number of hydrogen-bond acceptors (Lipinski definition) is 6. The summed E-state index contributed by atoms with van der Waals surface area (Å²) >= 11 is 0. The normalized spacial score (nSPS) is 18.2. The number of benzene rings is 6. The molecule has 53 heavy (non-hydrogen) atoms. The number of para-hydroxylation sites is 3. The molecule has 0 saturated heterocycles. The van der Waals surface area contributed by atoms with Crippen molar-refractivity contribution in [3.63, 3.8) is 0 Å². The third-order valence-electron chi connectivity index (χ3n) is 11.3. The zero-order valence-electron chi connectivity index (χ0n) is 30.4. The molecule has 2 unspecified atom stereocenters. The smallest absolute Gasteiger partial charge is 0.292 e. The molecule has 3 heterocycles. The Bertz CT molecular complexity index is 2370. The van der Waals surface area contributed by atoms with Crippen LogP contribution in [0.1, 0.15) is 54.2 Å². The molecular weight excluding hydrogens is 675 g/mol. The Morgan fingerprint density at radius 1 is 0.604 bits per heavy atom. The van der Waals surface area contributed by atoms with Crippen LogP contribution in [0.3, 0.4) is 0 Å². The van der Waals surface area contributed by atoms with Crippen molar-refractivity contribution in [2.24, 2.45) is 0 Å². The number of ether oxygens (including phenoxy) is 2. The summed E-state index contributed by atoms with van der Waals surface area (Å²) in [7, 11) is -3.72. The Kier molecular flexibility index (Phi) is 8.31. The molecule has 6 aromatic carbocycles. The Morgan fingerprint density at radius 3 is 1.77 bits per heavy atom. The third-order valence-corrected chi connectivity index (χ3v) is 14.5. The van der Waals surface area contributed by atoms with Gasteiger partial charge in [0.2, 0.25) is 0 Å². The summed E-state index contributed by atoms with van der Waals surface area (Å²) in [6, 6.07) is 45.7. The molecule has 0 saturated carbocycles. The van der Waals surface area contributed by atoms with Gasteiger partial charge in [0.15, 0.2) is 13.5 Å². The maximum Gasteiger partial charge on any atom is 0.292 e. The van der Waals surface area contributed by atoms with Crippen LogP contribution in [0.25, 0.3) is 11.1 Å². The highest BCUT2D eigenvalue weighted by atomic mass is 31.2. The molecule has 0 spiro atoms. The van der Waals surface area contributed by atoms with E-state index in [0.717, 1.165) is 76.2 Å². The number of fused-ring (bicyclic) bond motifs is 5. The van der Waals surface area contributed by atoms with E-state index in [1.54, 1.807) is 0 Å². The summed E-state index contributed by atoms with van der Waals surface area (Å²) in [6.07, 6.45) is 1.62. The molecule has 0 aromatic heterocycles. The van der Waals surface area contributed by atoms with Gasteiger partial charge in [0.25, 0.3) is 7.37 Å². The number of anilines is 2. The van der Waals surface area contributed by atoms with Gasteiger partial charge in [0.05, 0.1) is 5.30 Å². The molecule has 0 N–H and O–H groups in total. The number of nitrogens with zero attached hydrogens (tertiary/aromatic N) is 2. The van der Waals surface area contributed by atoms with Gasteiger partial charge in [0, 0.05) is 41.2 Å². The van der Waals surface area contributed by atoms with Crippen molar-refractivity contribution in [1.29, 1.82) is 0 Å². The van der Waals surface area contributed by atoms with Gasteiger partial charge in [-0.05, 0) is 84.0 Å². The zero-order valence-corrected chi connectivity index (χ0v) is 31.3. The van der Waals surface area contributed by atoms with Gasteiger partial charge in [-0.2, -0.15) is 0 Å². The summed E-state index contributed by atoms with van der Waals surface area (Å²) in [6.45, 7) is 9.00. The van der Waals surface area contributed by atoms with Crippen LogP contribution in [0, 0.1) is 0 Å². The van der Waals surface area contributed by atoms with Gasteiger partial charge in [0.1, 0.15) is 22.4 Å². The van der Waals surface area contributed by atoms with Crippen molar-refractivity contribution in [1.82, 2.24) is 0 Å². The van der Waals surface area contributed by atoms with E-state index in [0.29, 0.717) is 19.2 Å². The molecule has 6 nitrogen and oxygen atoms in total. The molecule has 266 valence electrons. The van der Waals surface area contributed by atoms with Crippen LogP contribution in [0.15, 0.2) is 133 Å². The van der Waals surface area contributed by atoms with Crippen molar-refractivity contribution in [2.45, 2.75) is 51.9 Å². The van der Waals surface area contributed by atoms with Gasteiger partial charge < -0.3 is 23.8 Å². The minimum Gasteiger partial charge on any atom is -0.473 e.